The lowest BCUT2D eigenvalue weighted by Crippen LogP contribution is -2.07. The number of aldehydes is 1. The van der Waals surface area contributed by atoms with Crippen molar-refractivity contribution in [1.82, 2.24) is 10.2 Å². The fraction of sp³-hybridized carbons (Fsp3) is 0.182. The number of nitro benzene ring substituents is 1. The summed E-state index contributed by atoms with van der Waals surface area (Å²) in [6, 6.07) is 4.39. The molecule has 0 aliphatic carbocycles. The third kappa shape index (κ3) is 3.11. The lowest BCUT2D eigenvalue weighted by Gasteiger charge is -2.03. The number of anilines is 1. The molecule has 0 spiro atoms. The molecule has 0 saturated heterocycles. The van der Waals surface area contributed by atoms with E-state index in [4.69, 9.17) is 0 Å². The molecule has 104 valence electrons. The molecule has 20 heavy (non-hydrogen) atoms. The molecule has 7 nitrogen and oxygen atoms in total. The number of nitrogens with zero attached hydrogens (tertiary/aromatic N) is 4. The van der Waals surface area contributed by atoms with Gasteiger partial charge in [0, 0.05) is 25.1 Å². The lowest BCUT2D eigenvalue weighted by molar-refractivity contribution is -0.385. The van der Waals surface area contributed by atoms with Gasteiger partial charge in [-0.15, -0.1) is 10.2 Å². The maximum absolute atomic E-state index is 10.9. The maximum Gasteiger partial charge on any atom is 0.279 e. The molecule has 9 heteroatoms. The first-order valence-corrected chi connectivity index (χ1v) is 7.07. The van der Waals surface area contributed by atoms with Crippen molar-refractivity contribution in [3.8, 4) is 0 Å². The molecule has 0 amide bonds. The van der Waals surface area contributed by atoms with Gasteiger partial charge in [0.05, 0.1) is 10.5 Å². The van der Waals surface area contributed by atoms with Crippen LogP contribution in [0.2, 0.25) is 0 Å². The van der Waals surface area contributed by atoms with Crippen LogP contribution in [-0.4, -0.2) is 35.5 Å². The third-order valence-corrected chi connectivity index (χ3v) is 4.44. The van der Waals surface area contributed by atoms with Crippen LogP contribution in [-0.2, 0) is 0 Å². The van der Waals surface area contributed by atoms with Crippen molar-refractivity contribution in [3.05, 3.63) is 33.9 Å². The number of nitro groups is 1. The molecule has 0 aliphatic heterocycles. The highest BCUT2D eigenvalue weighted by atomic mass is 32.2. The van der Waals surface area contributed by atoms with E-state index in [2.05, 4.69) is 10.2 Å². The number of benzene rings is 1. The van der Waals surface area contributed by atoms with E-state index in [1.807, 2.05) is 19.0 Å². The zero-order valence-corrected chi connectivity index (χ0v) is 12.3. The maximum atomic E-state index is 10.9. The first kappa shape index (κ1) is 14.4. The summed E-state index contributed by atoms with van der Waals surface area (Å²) in [6.07, 6.45) is 0.480. The van der Waals surface area contributed by atoms with Crippen LogP contribution in [0.25, 0.3) is 0 Å². The summed E-state index contributed by atoms with van der Waals surface area (Å²) >= 11 is 2.72. The molecule has 0 radical (unpaired) electrons. The molecule has 0 saturated carbocycles. The summed E-state index contributed by atoms with van der Waals surface area (Å²) in [5.74, 6) is 0. The van der Waals surface area contributed by atoms with Crippen molar-refractivity contribution in [1.29, 1.82) is 0 Å². The van der Waals surface area contributed by atoms with Gasteiger partial charge in [0.25, 0.3) is 5.69 Å². The van der Waals surface area contributed by atoms with Gasteiger partial charge in [0.1, 0.15) is 0 Å². The smallest absolute Gasteiger partial charge is 0.279 e. The Kier molecular flexibility index (Phi) is 4.30. The minimum atomic E-state index is -0.576. The molecular weight excluding hydrogens is 300 g/mol. The second-order valence-corrected chi connectivity index (χ2v) is 6.22. The summed E-state index contributed by atoms with van der Waals surface area (Å²) in [7, 11) is 3.73. The standard InChI is InChI=1S/C11H10N4O3S2/c1-14(2)10-12-13-11(20-10)19-8-3-4-9(15(17)18)7(5-8)6-16/h3-6H,1-2H3. The fourth-order valence-electron chi connectivity index (χ4n) is 1.38. The Morgan fingerprint density at radius 2 is 2.15 bits per heavy atom. The van der Waals surface area contributed by atoms with Gasteiger partial charge in [-0.1, -0.05) is 23.1 Å². The van der Waals surface area contributed by atoms with Crippen molar-refractivity contribution in [2.45, 2.75) is 9.24 Å². The van der Waals surface area contributed by atoms with E-state index < -0.39 is 4.92 Å². The molecule has 0 unspecified atom stereocenters. The Morgan fingerprint density at radius 1 is 1.40 bits per heavy atom. The zero-order valence-electron chi connectivity index (χ0n) is 10.6. The minimum absolute atomic E-state index is 0.0531. The molecule has 2 rings (SSSR count). The number of carbonyl (C=O) groups is 1. The van der Waals surface area contributed by atoms with E-state index >= 15 is 0 Å². The molecular formula is C11H10N4O3S2. The van der Waals surface area contributed by atoms with E-state index in [0.717, 1.165) is 5.13 Å². The van der Waals surface area contributed by atoms with Crippen LogP contribution in [0.4, 0.5) is 10.8 Å². The van der Waals surface area contributed by atoms with Crippen molar-refractivity contribution < 1.29 is 9.72 Å². The molecule has 1 heterocycles. The highest BCUT2D eigenvalue weighted by Crippen LogP contribution is 2.34. The highest BCUT2D eigenvalue weighted by molar-refractivity contribution is 8.01. The Balaban J connectivity index is 2.25. The monoisotopic (exact) mass is 310 g/mol. The first-order valence-electron chi connectivity index (χ1n) is 5.43. The summed E-state index contributed by atoms with van der Waals surface area (Å²) in [5.41, 5.74) is -0.145. The number of carbonyl (C=O) groups excluding carboxylic acids is 1. The second kappa shape index (κ2) is 5.97. The van der Waals surface area contributed by atoms with Crippen LogP contribution in [0.5, 0.6) is 0 Å². The van der Waals surface area contributed by atoms with Gasteiger partial charge in [-0.25, -0.2) is 0 Å². The van der Waals surface area contributed by atoms with Gasteiger partial charge in [-0.05, 0) is 12.1 Å². The van der Waals surface area contributed by atoms with E-state index in [1.165, 1.54) is 35.2 Å². The van der Waals surface area contributed by atoms with Crippen molar-refractivity contribution in [2.75, 3.05) is 19.0 Å². The van der Waals surface area contributed by atoms with Crippen LogP contribution in [0.15, 0.2) is 27.4 Å². The summed E-state index contributed by atoms with van der Waals surface area (Å²) in [5, 5.41) is 19.5. The van der Waals surface area contributed by atoms with Gasteiger partial charge >= 0.3 is 0 Å². The van der Waals surface area contributed by atoms with Crippen LogP contribution in [0, 0.1) is 10.1 Å². The molecule has 0 fully saturated rings. The molecule has 1 aromatic carbocycles. The number of aromatic nitrogens is 2. The Morgan fingerprint density at radius 3 is 2.70 bits per heavy atom. The van der Waals surface area contributed by atoms with Gasteiger partial charge in [-0.3, -0.25) is 14.9 Å². The van der Waals surface area contributed by atoms with Crippen molar-refractivity contribution >= 4 is 40.2 Å². The SMILES string of the molecule is CN(C)c1nnc(Sc2ccc([N+](=O)[O-])c(C=O)c2)s1. The normalized spacial score (nSPS) is 10.3. The molecule has 0 aliphatic rings. The van der Waals surface area contributed by atoms with Crippen LogP contribution < -0.4 is 4.90 Å². The largest absolute Gasteiger partial charge is 0.353 e. The lowest BCUT2D eigenvalue weighted by atomic mass is 10.2. The molecule has 0 N–H and O–H groups in total. The Hall–Kier alpha value is -2.00. The van der Waals surface area contributed by atoms with E-state index in [1.54, 1.807) is 6.07 Å². The zero-order chi connectivity index (χ0) is 14.7. The Labute approximate surface area is 122 Å². The number of hydrogen-bond acceptors (Lipinski definition) is 8. The third-order valence-electron chi connectivity index (χ3n) is 2.31. The van der Waals surface area contributed by atoms with Crippen LogP contribution in [0.3, 0.4) is 0 Å². The van der Waals surface area contributed by atoms with Crippen molar-refractivity contribution in [3.63, 3.8) is 0 Å². The van der Waals surface area contributed by atoms with Gasteiger partial charge in [0.15, 0.2) is 10.6 Å². The van der Waals surface area contributed by atoms with Gasteiger partial charge < -0.3 is 4.90 Å². The summed E-state index contributed by atoms with van der Waals surface area (Å²) in [4.78, 5) is 23.6. The quantitative estimate of drug-likeness (QED) is 0.476. The number of hydrogen-bond donors (Lipinski definition) is 0. The average molecular weight is 310 g/mol. The number of rotatable bonds is 5. The molecule has 1 aromatic heterocycles. The van der Waals surface area contributed by atoms with Crippen LogP contribution in [0.1, 0.15) is 10.4 Å². The topological polar surface area (TPSA) is 89.2 Å². The minimum Gasteiger partial charge on any atom is -0.353 e. The molecule has 0 atom stereocenters. The van der Waals surface area contributed by atoms with E-state index in [9.17, 15) is 14.9 Å². The summed E-state index contributed by atoms with van der Waals surface area (Å²) in [6.45, 7) is 0. The highest BCUT2D eigenvalue weighted by Gasteiger charge is 2.15. The van der Waals surface area contributed by atoms with Crippen LogP contribution >= 0.6 is 23.1 Å². The van der Waals surface area contributed by atoms with Gasteiger partial charge in [-0.2, -0.15) is 0 Å². The van der Waals surface area contributed by atoms with Crippen molar-refractivity contribution in [2.24, 2.45) is 0 Å². The molecule has 0 bridgehead atoms. The second-order valence-electron chi connectivity index (χ2n) is 3.94. The Bertz CT molecular complexity index is 657. The predicted octanol–water partition coefficient (Wildman–Crippen LogP) is 2.48. The van der Waals surface area contributed by atoms with E-state index in [-0.39, 0.29) is 11.3 Å². The summed E-state index contributed by atoms with van der Waals surface area (Å²) < 4.78 is 0.708. The van der Waals surface area contributed by atoms with Gasteiger partial charge in [0.2, 0.25) is 5.13 Å². The first-order chi connectivity index (χ1) is 9.51. The predicted molar refractivity (Wildman–Crippen MR) is 76.8 cm³/mol. The average Bonchev–Trinajstić information content (AvgIpc) is 2.87. The van der Waals surface area contributed by atoms with E-state index in [0.29, 0.717) is 15.5 Å². The fourth-order valence-corrected chi connectivity index (χ4v) is 3.17. The molecule has 2 aromatic rings.